The van der Waals surface area contributed by atoms with E-state index in [9.17, 15) is 4.21 Å². The van der Waals surface area contributed by atoms with E-state index in [0.29, 0.717) is 0 Å². The molecular weight excluding hydrogens is 266 g/mol. The second kappa shape index (κ2) is 7.94. The summed E-state index contributed by atoms with van der Waals surface area (Å²) >= 11 is 0. The molecule has 0 radical (unpaired) electrons. The lowest BCUT2D eigenvalue weighted by atomic mass is 9.87. The summed E-state index contributed by atoms with van der Waals surface area (Å²) < 4.78 is 12.6. The van der Waals surface area contributed by atoms with Crippen LogP contribution in [0.25, 0.3) is 0 Å². The van der Waals surface area contributed by atoms with Gasteiger partial charge in [-0.3, -0.25) is 4.21 Å². The molecular formula is C17H27NOS. The third-order valence-electron chi connectivity index (χ3n) is 4.11. The predicted octanol–water partition coefficient (Wildman–Crippen LogP) is 3.59. The zero-order valence-corrected chi connectivity index (χ0v) is 13.5. The van der Waals surface area contributed by atoms with Gasteiger partial charge in [-0.1, -0.05) is 44.5 Å². The van der Waals surface area contributed by atoms with Crippen LogP contribution in [0.15, 0.2) is 24.3 Å². The number of fused-ring (bicyclic) bond motifs is 1. The molecule has 20 heavy (non-hydrogen) atoms. The van der Waals surface area contributed by atoms with E-state index in [-0.39, 0.29) is 11.3 Å². The lowest BCUT2D eigenvalue weighted by Gasteiger charge is -2.34. The van der Waals surface area contributed by atoms with Gasteiger partial charge in [-0.15, -0.1) is 0 Å². The van der Waals surface area contributed by atoms with Gasteiger partial charge < -0.3 is 5.32 Å². The molecule has 0 saturated heterocycles. The molecule has 1 N–H and O–H groups in total. The number of hydrogen-bond acceptors (Lipinski definition) is 2. The Kier molecular flexibility index (Phi) is 6.24. The molecule has 0 fully saturated rings. The minimum absolute atomic E-state index is 0.276. The highest BCUT2D eigenvalue weighted by atomic mass is 32.2. The first-order valence-corrected chi connectivity index (χ1v) is 9.34. The second-order valence-corrected chi connectivity index (χ2v) is 7.42. The fourth-order valence-corrected chi connectivity index (χ4v) is 4.80. The molecule has 1 aromatic carbocycles. The molecule has 1 aliphatic rings. The maximum absolute atomic E-state index is 12.6. The van der Waals surface area contributed by atoms with Gasteiger partial charge in [0.15, 0.2) is 0 Å². The van der Waals surface area contributed by atoms with Gasteiger partial charge in [0.2, 0.25) is 0 Å². The van der Waals surface area contributed by atoms with Crippen molar-refractivity contribution in [1.29, 1.82) is 0 Å². The summed E-state index contributed by atoms with van der Waals surface area (Å²) in [5, 5.41) is 3.92. The van der Waals surface area contributed by atoms with Gasteiger partial charge in [0, 0.05) is 22.6 Å². The predicted molar refractivity (Wildman–Crippen MR) is 87.5 cm³/mol. The van der Waals surface area contributed by atoms with Crippen LogP contribution in [0.2, 0.25) is 0 Å². The summed E-state index contributed by atoms with van der Waals surface area (Å²) in [6, 6.07) is 8.94. The van der Waals surface area contributed by atoms with E-state index in [1.165, 1.54) is 11.1 Å². The standard InChI is InChI=1S/C17H27NOS/c1-3-5-13-20(19)16-11-10-14-8-6-7-9-15(14)17(16)18-12-4-2/h6-9,16-18H,3-5,10-13H2,1-2H3. The third-order valence-corrected chi connectivity index (χ3v) is 5.99. The minimum atomic E-state index is -0.710. The average Bonchev–Trinajstić information content (AvgIpc) is 2.50. The number of nitrogens with one attached hydrogen (secondary N) is 1. The van der Waals surface area contributed by atoms with Gasteiger partial charge in [-0.2, -0.15) is 0 Å². The third kappa shape index (κ3) is 3.70. The topological polar surface area (TPSA) is 29.1 Å². The van der Waals surface area contributed by atoms with Crippen molar-refractivity contribution in [1.82, 2.24) is 5.32 Å². The van der Waals surface area contributed by atoms with Gasteiger partial charge in [0.05, 0.1) is 5.25 Å². The number of hydrogen-bond donors (Lipinski definition) is 1. The first kappa shape index (κ1) is 15.7. The molecule has 0 bridgehead atoms. The highest BCUT2D eigenvalue weighted by molar-refractivity contribution is 7.85. The van der Waals surface area contributed by atoms with Gasteiger partial charge in [0.25, 0.3) is 0 Å². The number of unbranched alkanes of at least 4 members (excludes halogenated alkanes) is 1. The fraction of sp³-hybridized carbons (Fsp3) is 0.647. The summed E-state index contributed by atoms with van der Waals surface area (Å²) in [6.07, 6.45) is 5.44. The molecule has 0 heterocycles. The Hall–Kier alpha value is -0.670. The van der Waals surface area contributed by atoms with E-state index < -0.39 is 10.8 Å². The Bertz CT molecular complexity index is 446. The fourth-order valence-electron chi connectivity index (χ4n) is 2.99. The van der Waals surface area contributed by atoms with Gasteiger partial charge in [-0.05, 0) is 43.4 Å². The lowest BCUT2D eigenvalue weighted by molar-refractivity contribution is 0.463. The van der Waals surface area contributed by atoms with Crippen LogP contribution in [0.5, 0.6) is 0 Å². The Morgan fingerprint density at radius 3 is 2.80 bits per heavy atom. The molecule has 1 aromatic rings. The van der Waals surface area contributed by atoms with Crippen molar-refractivity contribution in [2.24, 2.45) is 0 Å². The molecule has 1 aliphatic carbocycles. The first-order chi connectivity index (χ1) is 9.77. The molecule has 3 atom stereocenters. The van der Waals surface area contributed by atoms with Crippen molar-refractivity contribution >= 4 is 10.8 Å². The number of aryl methyl sites for hydroxylation is 1. The molecule has 0 saturated carbocycles. The van der Waals surface area contributed by atoms with Crippen molar-refractivity contribution in [3.8, 4) is 0 Å². The summed E-state index contributed by atoms with van der Waals surface area (Å²) in [4.78, 5) is 0. The van der Waals surface area contributed by atoms with E-state index in [1.54, 1.807) is 0 Å². The maximum atomic E-state index is 12.6. The van der Waals surface area contributed by atoms with Crippen molar-refractivity contribution in [3.63, 3.8) is 0 Å². The van der Waals surface area contributed by atoms with Gasteiger partial charge >= 0.3 is 0 Å². The molecule has 0 aromatic heterocycles. The van der Waals surface area contributed by atoms with Gasteiger partial charge in [-0.25, -0.2) is 0 Å². The van der Waals surface area contributed by atoms with Crippen LogP contribution in [0.1, 0.15) is 56.7 Å². The smallest absolute Gasteiger partial charge is 0.0546 e. The van der Waals surface area contributed by atoms with E-state index in [4.69, 9.17) is 0 Å². The van der Waals surface area contributed by atoms with Crippen LogP contribution < -0.4 is 5.32 Å². The van der Waals surface area contributed by atoms with Crippen molar-refractivity contribution in [2.75, 3.05) is 12.3 Å². The molecule has 3 heteroatoms. The Balaban J connectivity index is 2.17. The molecule has 0 spiro atoms. The molecule has 2 nitrogen and oxygen atoms in total. The second-order valence-electron chi connectivity index (χ2n) is 5.65. The largest absolute Gasteiger partial charge is 0.309 e. The van der Waals surface area contributed by atoms with Crippen molar-refractivity contribution in [2.45, 2.75) is 57.2 Å². The zero-order chi connectivity index (χ0) is 14.4. The van der Waals surface area contributed by atoms with Crippen LogP contribution in [0.3, 0.4) is 0 Å². The van der Waals surface area contributed by atoms with Crippen LogP contribution in [-0.2, 0) is 17.2 Å². The van der Waals surface area contributed by atoms with E-state index >= 15 is 0 Å². The Labute approximate surface area is 125 Å². The summed E-state index contributed by atoms with van der Waals surface area (Å²) in [5.41, 5.74) is 2.81. The minimum Gasteiger partial charge on any atom is -0.309 e. The van der Waals surface area contributed by atoms with Crippen LogP contribution in [-0.4, -0.2) is 21.8 Å². The molecule has 112 valence electrons. The average molecular weight is 293 g/mol. The van der Waals surface area contributed by atoms with Crippen LogP contribution in [0.4, 0.5) is 0 Å². The lowest BCUT2D eigenvalue weighted by Crippen LogP contribution is -2.39. The van der Waals surface area contributed by atoms with Crippen molar-refractivity contribution < 1.29 is 4.21 Å². The molecule has 2 rings (SSSR count). The van der Waals surface area contributed by atoms with E-state index in [0.717, 1.165) is 44.4 Å². The van der Waals surface area contributed by atoms with Crippen LogP contribution in [0, 0.1) is 0 Å². The monoisotopic (exact) mass is 293 g/mol. The SMILES string of the molecule is CCCCS(=O)C1CCc2ccccc2C1NCCC. The Morgan fingerprint density at radius 2 is 2.05 bits per heavy atom. The normalized spacial score (nSPS) is 23.3. The van der Waals surface area contributed by atoms with Crippen molar-refractivity contribution in [3.05, 3.63) is 35.4 Å². The Morgan fingerprint density at radius 1 is 1.25 bits per heavy atom. The number of rotatable bonds is 7. The van der Waals surface area contributed by atoms with Gasteiger partial charge in [0.1, 0.15) is 0 Å². The van der Waals surface area contributed by atoms with E-state index in [2.05, 4.69) is 43.4 Å². The highest BCUT2D eigenvalue weighted by Gasteiger charge is 2.32. The quantitative estimate of drug-likeness (QED) is 0.832. The molecule has 0 amide bonds. The van der Waals surface area contributed by atoms with E-state index in [1.807, 2.05) is 0 Å². The van der Waals surface area contributed by atoms with Crippen LogP contribution >= 0.6 is 0 Å². The molecule has 0 aliphatic heterocycles. The maximum Gasteiger partial charge on any atom is 0.0546 e. The summed E-state index contributed by atoms with van der Waals surface area (Å²) in [7, 11) is -0.710. The number of benzene rings is 1. The molecule has 3 unspecified atom stereocenters. The summed E-state index contributed by atoms with van der Waals surface area (Å²) in [5.74, 6) is 0.855. The zero-order valence-electron chi connectivity index (χ0n) is 12.7. The summed E-state index contributed by atoms with van der Waals surface area (Å²) in [6.45, 7) is 5.35. The first-order valence-electron chi connectivity index (χ1n) is 7.96. The highest BCUT2D eigenvalue weighted by Crippen LogP contribution is 2.33.